The summed E-state index contributed by atoms with van der Waals surface area (Å²) in [7, 11) is 0. The van der Waals surface area contributed by atoms with Crippen molar-refractivity contribution in [3.05, 3.63) is 36.1 Å². The zero-order valence-electron chi connectivity index (χ0n) is 15.2. The van der Waals surface area contributed by atoms with Gasteiger partial charge in [0.25, 0.3) is 0 Å². The third-order valence-corrected chi connectivity index (χ3v) is 5.46. The summed E-state index contributed by atoms with van der Waals surface area (Å²) in [5.41, 5.74) is 0.323. The number of aromatic nitrogens is 1. The Bertz CT molecular complexity index is 784. The van der Waals surface area contributed by atoms with E-state index in [9.17, 15) is 9.18 Å². The van der Waals surface area contributed by atoms with Crippen LogP contribution in [-0.4, -0.2) is 41.9 Å². The van der Waals surface area contributed by atoms with Crippen LogP contribution in [0.15, 0.2) is 34.9 Å². The number of nitrogens with one attached hydrogen (secondary N) is 1. The van der Waals surface area contributed by atoms with Crippen LogP contribution in [0.1, 0.15) is 32.1 Å². The Hall–Kier alpha value is -2.41. The number of halogens is 1. The molecule has 1 aromatic heterocycles. The molecule has 1 saturated heterocycles. The number of ether oxygens (including phenoxy) is 1. The van der Waals surface area contributed by atoms with E-state index in [1.165, 1.54) is 6.07 Å². The van der Waals surface area contributed by atoms with E-state index < -0.39 is 0 Å². The molecule has 1 aliphatic carbocycles. The molecule has 0 spiro atoms. The van der Waals surface area contributed by atoms with Crippen molar-refractivity contribution in [3.8, 4) is 11.3 Å². The number of urea groups is 1. The fourth-order valence-electron chi connectivity index (χ4n) is 3.61. The largest absolute Gasteiger partial charge is 0.381 e. The van der Waals surface area contributed by atoms with Gasteiger partial charge >= 0.3 is 6.03 Å². The van der Waals surface area contributed by atoms with Gasteiger partial charge in [0.15, 0.2) is 11.6 Å². The molecule has 2 fully saturated rings. The van der Waals surface area contributed by atoms with Crippen LogP contribution >= 0.6 is 0 Å². The first-order valence-corrected chi connectivity index (χ1v) is 9.57. The first kappa shape index (κ1) is 18.0. The third-order valence-electron chi connectivity index (χ3n) is 5.46. The van der Waals surface area contributed by atoms with E-state index >= 15 is 0 Å². The molecule has 27 heavy (non-hydrogen) atoms. The Kier molecular flexibility index (Phi) is 5.38. The van der Waals surface area contributed by atoms with Gasteiger partial charge in [-0.3, -0.25) is 5.32 Å². The maximum absolute atomic E-state index is 13.9. The standard InChI is InChI=1S/C20H24FN3O3/c21-17-7-2-1-6-16(17)18-12-19(23-27-18)22-20(25)24(15-4-3-5-15)13-14-8-10-26-11-9-14/h1-2,6-7,12,14-15H,3-5,8-11,13H2,(H,22,23,25). The van der Waals surface area contributed by atoms with Gasteiger partial charge in [-0.2, -0.15) is 0 Å². The van der Waals surface area contributed by atoms with E-state index in [-0.39, 0.29) is 17.9 Å². The second-order valence-electron chi connectivity index (χ2n) is 7.28. The van der Waals surface area contributed by atoms with Crippen molar-refractivity contribution in [2.45, 2.75) is 38.1 Å². The van der Waals surface area contributed by atoms with Crippen molar-refractivity contribution in [1.29, 1.82) is 0 Å². The monoisotopic (exact) mass is 373 g/mol. The van der Waals surface area contributed by atoms with Crippen LogP contribution in [0, 0.1) is 11.7 Å². The summed E-state index contributed by atoms with van der Waals surface area (Å²) in [5, 5.41) is 6.70. The minimum atomic E-state index is -0.387. The molecule has 144 valence electrons. The lowest BCUT2D eigenvalue weighted by Crippen LogP contribution is -2.49. The zero-order chi connectivity index (χ0) is 18.6. The molecule has 4 rings (SSSR count). The second kappa shape index (κ2) is 8.08. The van der Waals surface area contributed by atoms with Crippen LogP contribution in [0.3, 0.4) is 0 Å². The molecule has 0 unspecified atom stereocenters. The van der Waals surface area contributed by atoms with Gasteiger partial charge in [-0.15, -0.1) is 0 Å². The minimum Gasteiger partial charge on any atom is -0.381 e. The average Bonchev–Trinajstić information content (AvgIpc) is 3.09. The van der Waals surface area contributed by atoms with Gasteiger partial charge in [-0.1, -0.05) is 17.3 Å². The van der Waals surface area contributed by atoms with Gasteiger partial charge in [-0.25, -0.2) is 9.18 Å². The number of benzene rings is 1. The summed E-state index contributed by atoms with van der Waals surface area (Å²) in [6.45, 7) is 2.26. The Morgan fingerprint density at radius 2 is 2.00 bits per heavy atom. The van der Waals surface area contributed by atoms with Crippen LogP contribution in [0.25, 0.3) is 11.3 Å². The SMILES string of the molecule is O=C(Nc1cc(-c2ccccc2F)on1)N(CC1CCOCC1)C1CCC1. The number of carbonyl (C=O) groups is 1. The fourth-order valence-corrected chi connectivity index (χ4v) is 3.61. The number of amides is 2. The second-order valence-corrected chi connectivity index (χ2v) is 7.28. The maximum atomic E-state index is 13.9. The lowest BCUT2D eigenvalue weighted by Gasteiger charge is -2.39. The van der Waals surface area contributed by atoms with Gasteiger partial charge < -0.3 is 14.2 Å². The number of hydrogen-bond acceptors (Lipinski definition) is 4. The summed E-state index contributed by atoms with van der Waals surface area (Å²) in [5.74, 6) is 0.677. The molecule has 0 radical (unpaired) electrons. The molecule has 1 aromatic carbocycles. The molecule has 2 amide bonds. The van der Waals surface area contributed by atoms with Crippen molar-refractivity contribution in [3.63, 3.8) is 0 Å². The van der Waals surface area contributed by atoms with Crippen LogP contribution in [0.2, 0.25) is 0 Å². The van der Waals surface area contributed by atoms with Gasteiger partial charge in [-0.05, 0) is 50.2 Å². The van der Waals surface area contributed by atoms with Crippen LogP contribution in [-0.2, 0) is 4.74 Å². The molecule has 1 N–H and O–H groups in total. The Balaban J connectivity index is 1.44. The van der Waals surface area contributed by atoms with E-state index in [1.54, 1.807) is 24.3 Å². The van der Waals surface area contributed by atoms with Crippen LogP contribution in [0.5, 0.6) is 0 Å². The molecule has 7 heteroatoms. The van der Waals surface area contributed by atoms with Crippen molar-refractivity contribution in [1.82, 2.24) is 10.1 Å². The molecule has 0 bridgehead atoms. The van der Waals surface area contributed by atoms with E-state index in [0.717, 1.165) is 51.9 Å². The van der Waals surface area contributed by atoms with Gasteiger partial charge in [0.1, 0.15) is 5.82 Å². The number of carbonyl (C=O) groups excluding carboxylic acids is 1. The van der Waals surface area contributed by atoms with Crippen molar-refractivity contribution < 1.29 is 18.4 Å². The Morgan fingerprint density at radius 3 is 2.70 bits per heavy atom. The summed E-state index contributed by atoms with van der Waals surface area (Å²) in [6.07, 6.45) is 5.20. The van der Waals surface area contributed by atoms with Crippen molar-refractivity contribution >= 4 is 11.8 Å². The quantitative estimate of drug-likeness (QED) is 0.849. The molecular formula is C20H24FN3O3. The Labute approximate surface area is 157 Å². The highest BCUT2D eigenvalue weighted by molar-refractivity contribution is 5.89. The summed E-state index contributed by atoms with van der Waals surface area (Å²) < 4.78 is 24.5. The van der Waals surface area contributed by atoms with E-state index in [0.29, 0.717) is 23.1 Å². The molecule has 2 heterocycles. The van der Waals surface area contributed by atoms with Crippen molar-refractivity contribution in [2.24, 2.45) is 5.92 Å². The topological polar surface area (TPSA) is 67.6 Å². The zero-order valence-corrected chi connectivity index (χ0v) is 15.2. The molecule has 0 atom stereocenters. The smallest absolute Gasteiger partial charge is 0.323 e. The molecular weight excluding hydrogens is 349 g/mol. The van der Waals surface area contributed by atoms with Crippen molar-refractivity contribution in [2.75, 3.05) is 25.1 Å². The normalized spacial score (nSPS) is 18.1. The summed E-state index contributed by atoms with van der Waals surface area (Å²) in [4.78, 5) is 14.8. The van der Waals surface area contributed by atoms with E-state index in [2.05, 4.69) is 10.5 Å². The number of anilines is 1. The molecule has 1 saturated carbocycles. The van der Waals surface area contributed by atoms with E-state index in [1.807, 2.05) is 4.90 Å². The highest BCUT2D eigenvalue weighted by Crippen LogP contribution is 2.29. The molecule has 1 aliphatic heterocycles. The summed E-state index contributed by atoms with van der Waals surface area (Å²) >= 11 is 0. The maximum Gasteiger partial charge on any atom is 0.323 e. The number of rotatable bonds is 5. The lowest BCUT2D eigenvalue weighted by atomic mass is 9.90. The van der Waals surface area contributed by atoms with Crippen LogP contribution in [0.4, 0.5) is 15.0 Å². The average molecular weight is 373 g/mol. The predicted octanol–water partition coefficient (Wildman–Crippen LogP) is 4.29. The highest BCUT2D eigenvalue weighted by Gasteiger charge is 2.31. The molecule has 2 aliphatic rings. The minimum absolute atomic E-state index is 0.167. The van der Waals surface area contributed by atoms with Crippen LogP contribution < -0.4 is 5.32 Å². The lowest BCUT2D eigenvalue weighted by molar-refractivity contribution is 0.0467. The number of hydrogen-bond donors (Lipinski definition) is 1. The van der Waals surface area contributed by atoms with Gasteiger partial charge in [0, 0.05) is 31.9 Å². The van der Waals surface area contributed by atoms with E-state index in [4.69, 9.17) is 9.26 Å². The molecule has 2 aromatic rings. The first-order valence-electron chi connectivity index (χ1n) is 9.57. The first-order chi connectivity index (χ1) is 13.2. The van der Waals surface area contributed by atoms with Gasteiger partial charge in [0.2, 0.25) is 0 Å². The highest BCUT2D eigenvalue weighted by atomic mass is 19.1. The number of nitrogens with zero attached hydrogens (tertiary/aromatic N) is 2. The fraction of sp³-hybridized carbons (Fsp3) is 0.500. The predicted molar refractivity (Wildman–Crippen MR) is 98.8 cm³/mol. The summed E-state index contributed by atoms with van der Waals surface area (Å²) in [6, 6.07) is 8.00. The Morgan fingerprint density at radius 1 is 1.22 bits per heavy atom. The third kappa shape index (κ3) is 4.13. The molecule has 6 nitrogen and oxygen atoms in total. The van der Waals surface area contributed by atoms with Gasteiger partial charge in [0.05, 0.1) is 5.56 Å².